The number of aromatic nitrogens is 4. The topological polar surface area (TPSA) is 38.2 Å². The Bertz CT molecular complexity index is 4520. The zero-order valence-electron chi connectivity index (χ0n) is 44.6. The summed E-state index contributed by atoms with van der Waals surface area (Å²) >= 11 is 9.17. The fourth-order valence-corrected chi connectivity index (χ4v) is 12.1. The molecule has 5 heterocycles. The van der Waals surface area contributed by atoms with E-state index in [9.17, 15) is 0 Å². The Labute approximate surface area is 496 Å². The Morgan fingerprint density at radius 2 is 0.750 bits per heavy atom. The summed E-state index contributed by atoms with van der Waals surface area (Å²) in [5, 5.41) is 7.41. The normalized spacial score (nSPS) is 13.8. The van der Waals surface area contributed by atoms with Gasteiger partial charge in [-0.3, -0.25) is 0 Å². The highest BCUT2D eigenvalue weighted by atomic mass is 127. The zero-order chi connectivity index (χ0) is 54.7. The summed E-state index contributed by atoms with van der Waals surface area (Å²) in [6, 6.07) is 86.0. The molecule has 0 aliphatic carbocycles. The highest BCUT2D eigenvalue weighted by molar-refractivity contribution is 14.1. The molecule has 390 valence electrons. The maximum Gasteiger partial charge on any atom is 0.494 e. The standard InChI is InChI=1S/C32H29BN2O2.C32H21BrN2.C6H4BrI/c1-31(2)32(3,4)37-33(36-31)22-15-17-29-27(21-22)25-16-18-28-26(19-20-34(28)23-11-7-5-8-12-23)30(25)35(29)24-13-9-6-10-14-24;33-24-14-11-22(12-15-24)23-13-17-31-29(21-23)27-16-18-30-28(19-20-34(30)25-7-3-1-4-8-25)32(27)35(31)26-9-5-2-6-10-26;7-5-1-3-6(8)4-2-5/h5-21H,1-4H3;1-21H;1-4H. The predicted octanol–water partition coefficient (Wildman–Crippen LogP) is 19.2. The van der Waals surface area contributed by atoms with Crippen LogP contribution in [0.1, 0.15) is 27.7 Å². The second-order valence-corrected chi connectivity index (χ2v) is 24.3. The van der Waals surface area contributed by atoms with Gasteiger partial charge in [-0.15, -0.1) is 0 Å². The molecule has 0 amide bonds. The molecule has 0 radical (unpaired) electrons. The number of para-hydroxylation sites is 4. The molecule has 4 aromatic heterocycles. The van der Waals surface area contributed by atoms with E-state index in [4.69, 9.17) is 9.31 Å². The Kier molecular flexibility index (Phi) is 13.8. The second kappa shape index (κ2) is 21.2. The van der Waals surface area contributed by atoms with Gasteiger partial charge in [0.25, 0.3) is 0 Å². The summed E-state index contributed by atoms with van der Waals surface area (Å²) in [5.41, 5.74) is 14.6. The van der Waals surface area contributed by atoms with Gasteiger partial charge in [0.05, 0.1) is 44.3 Å². The lowest BCUT2D eigenvalue weighted by Gasteiger charge is -2.32. The van der Waals surface area contributed by atoms with E-state index in [1.807, 2.05) is 12.1 Å². The van der Waals surface area contributed by atoms with E-state index in [1.54, 1.807) is 0 Å². The van der Waals surface area contributed by atoms with Crippen molar-refractivity contribution in [3.05, 3.63) is 268 Å². The van der Waals surface area contributed by atoms with Crippen LogP contribution < -0.4 is 5.46 Å². The minimum absolute atomic E-state index is 0.378. The van der Waals surface area contributed by atoms with Crippen LogP contribution in [0.2, 0.25) is 0 Å². The van der Waals surface area contributed by atoms with Gasteiger partial charge in [-0.25, -0.2) is 0 Å². The minimum atomic E-state index is -0.396. The van der Waals surface area contributed by atoms with Crippen molar-refractivity contribution in [2.24, 2.45) is 0 Å². The van der Waals surface area contributed by atoms with Crippen molar-refractivity contribution in [3.8, 4) is 33.9 Å². The van der Waals surface area contributed by atoms with Crippen molar-refractivity contribution in [1.29, 1.82) is 0 Å². The van der Waals surface area contributed by atoms with Crippen molar-refractivity contribution in [2.75, 3.05) is 0 Å². The van der Waals surface area contributed by atoms with Gasteiger partial charge in [-0.1, -0.05) is 147 Å². The third-order valence-corrected chi connectivity index (χ3v) is 17.6. The molecule has 1 aliphatic rings. The molecule has 1 fully saturated rings. The molecule has 0 bridgehead atoms. The van der Waals surface area contributed by atoms with E-state index in [0.717, 1.165) is 25.8 Å². The van der Waals surface area contributed by atoms with Gasteiger partial charge < -0.3 is 27.6 Å². The van der Waals surface area contributed by atoms with E-state index in [0.29, 0.717) is 0 Å². The molecule has 6 nitrogen and oxygen atoms in total. The van der Waals surface area contributed by atoms with Crippen LogP contribution in [0.25, 0.3) is 99.3 Å². The Balaban J connectivity index is 0.000000133. The molecule has 0 unspecified atom stereocenters. The van der Waals surface area contributed by atoms with Gasteiger partial charge in [0.1, 0.15) is 0 Å². The van der Waals surface area contributed by atoms with E-state index in [-0.39, 0.29) is 11.2 Å². The first-order chi connectivity index (χ1) is 38.9. The summed E-state index contributed by atoms with van der Waals surface area (Å²) in [4.78, 5) is 0. The van der Waals surface area contributed by atoms with Crippen LogP contribution in [0.3, 0.4) is 0 Å². The molecule has 15 rings (SSSR count). The van der Waals surface area contributed by atoms with Gasteiger partial charge in [-0.2, -0.15) is 0 Å². The first kappa shape index (κ1) is 52.0. The SMILES string of the molecule is Brc1ccc(-c2ccc3c(c2)c2ccc4c(ccn4-c4ccccc4)c2n3-c2ccccc2)cc1.Brc1ccc(I)cc1.CC1(C)OB(c2ccc3c(c2)c2ccc4c(ccn4-c4ccccc4)c2n3-c2ccccc2)OC1(C)C. The Hall–Kier alpha value is -7.45. The number of hydrogen-bond donors (Lipinski definition) is 0. The maximum absolute atomic E-state index is 6.39. The van der Waals surface area contributed by atoms with Gasteiger partial charge >= 0.3 is 7.12 Å². The van der Waals surface area contributed by atoms with Crippen LogP contribution in [0.4, 0.5) is 0 Å². The van der Waals surface area contributed by atoms with Gasteiger partial charge in [0.15, 0.2) is 0 Å². The number of fused-ring (bicyclic) bond motifs is 10. The Morgan fingerprint density at radius 3 is 1.20 bits per heavy atom. The predicted molar refractivity (Wildman–Crippen MR) is 351 cm³/mol. The molecule has 80 heavy (non-hydrogen) atoms. The molecule has 14 aromatic rings. The number of rotatable bonds is 6. The van der Waals surface area contributed by atoms with E-state index >= 15 is 0 Å². The van der Waals surface area contributed by atoms with Crippen LogP contribution in [-0.2, 0) is 9.31 Å². The molecule has 1 aliphatic heterocycles. The molecule has 10 heteroatoms. The second-order valence-electron chi connectivity index (χ2n) is 21.2. The van der Waals surface area contributed by atoms with E-state index in [2.05, 4.69) is 343 Å². The molecule has 0 N–H and O–H groups in total. The summed E-state index contributed by atoms with van der Waals surface area (Å²) in [5.74, 6) is 0. The first-order valence-corrected chi connectivity index (χ1v) is 29.5. The van der Waals surface area contributed by atoms with Gasteiger partial charge in [0.2, 0.25) is 0 Å². The van der Waals surface area contributed by atoms with Crippen molar-refractivity contribution in [3.63, 3.8) is 0 Å². The van der Waals surface area contributed by atoms with Crippen molar-refractivity contribution >= 4 is 132 Å². The molecule has 10 aromatic carbocycles. The molecule has 0 spiro atoms. The lowest BCUT2D eigenvalue weighted by molar-refractivity contribution is 0.00578. The molecule has 0 saturated carbocycles. The fourth-order valence-electron chi connectivity index (χ4n) is 11.2. The maximum atomic E-state index is 6.39. The monoisotopic (exact) mass is 1280 g/mol. The lowest BCUT2D eigenvalue weighted by Crippen LogP contribution is -2.41. The fraction of sp³-hybridized carbons (Fsp3) is 0.0857. The van der Waals surface area contributed by atoms with Crippen molar-refractivity contribution in [2.45, 2.75) is 38.9 Å². The largest absolute Gasteiger partial charge is 0.494 e. The van der Waals surface area contributed by atoms with Crippen LogP contribution in [0, 0.1) is 3.57 Å². The number of halogens is 3. The first-order valence-electron chi connectivity index (χ1n) is 26.8. The smallest absolute Gasteiger partial charge is 0.399 e. The van der Waals surface area contributed by atoms with Gasteiger partial charge in [0, 0.05) is 80.0 Å². The van der Waals surface area contributed by atoms with Crippen LogP contribution in [0.15, 0.2) is 264 Å². The quantitative estimate of drug-likeness (QED) is 0.123. The molecular weight excluding hydrogens is 1230 g/mol. The highest BCUT2D eigenvalue weighted by Crippen LogP contribution is 2.42. The van der Waals surface area contributed by atoms with Crippen molar-refractivity contribution < 1.29 is 9.31 Å². The summed E-state index contributed by atoms with van der Waals surface area (Å²) in [6.45, 7) is 8.39. The number of hydrogen-bond acceptors (Lipinski definition) is 2. The van der Waals surface area contributed by atoms with Crippen LogP contribution >= 0.6 is 54.5 Å². The van der Waals surface area contributed by atoms with E-state index in [1.165, 1.54) is 91.5 Å². The highest BCUT2D eigenvalue weighted by Gasteiger charge is 2.51. The van der Waals surface area contributed by atoms with Crippen LogP contribution in [0.5, 0.6) is 0 Å². The average Bonchev–Trinajstić information content (AvgIpc) is 4.49. The summed E-state index contributed by atoms with van der Waals surface area (Å²) in [7, 11) is -0.396. The molecule has 0 atom stereocenters. The molecular formula is C70H54BBr2IN4O2. The van der Waals surface area contributed by atoms with E-state index < -0.39 is 7.12 Å². The third-order valence-electron chi connectivity index (χ3n) is 15.8. The zero-order valence-corrected chi connectivity index (χ0v) is 49.9. The summed E-state index contributed by atoms with van der Waals surface area (Å²) in [6.07, 6.45) is 4.35. The summed E-state index contributed by atoms with van der Waals surface area (Å²) < 4.78 is 25.6. The lowest BCUT2D eigenvalue weighted by atomic mass is 9.78. The van der Waals surface area contributed by atoms with Gasteiger partial charge in [-0.05, 0) is 194 Å². The number of benzene rings is 10. The minimum Gasteiger partial charge on any atom is -0.399 e. The Morgan fingerprint density at radius 1 is 0.362 bits per heavy atom. The average molecular weight is 1280 g/mol. The van der Waals surface area contributed by atoms with Crippen LogP contribution in [-0.4, -0.2) is 36.6 Å². The number of nitrogens with zero attached hydrogens (tertiary/aromatic N) is 4. The van der Waals surface area contributed by atoms with Crippen molar-refractivity contribution in [1.82, 2.24) is 18.3 Å². The third kappa shape index (κ3) is 9.50. The molecule has 1 saturated heterocycles.